The van der Waals surface area contributed by atoms with E-state index in [1.54, 1.807) is 6.20 Å². The molecule has 0 spiro atoms. The molecular formula is C13H20ClN3. The van der Waals surface area contributed by atoms with Crippen molar-refractivity contribution in [2.75, 3.05) is 6.54 Å². The zero-order valence-electron chi connectivity index (χ0n) is 10.4. The molecular weight excluding hydrogens is 234 g/mol. The number of aromatic nitrogens is 2. The molecule has 2 fully saturated rings. The summed E-state index contributed by atoms with van der Waals surface area (Å²) in [5.74, 6) is 0.758. The maximum atomic E-state index is 6.37. The third-order valence-corrected chi connectivity index (χ3v) is 4.56. The van der Waals surface area contributed by atoms with E-state index in [2.05, 4.69) is 10.4 Å². The fourth-order valence-electron chi connectivity index (χ4n) is 3.34. The fourth-order valence-corrected chi connectivity index (χ4v) is 3.67. The molecule has 0 bridgehead atoms. The first-order valence-electron chi connectivity index (χ1n) is 6.67. The van der Waals surface area contributed by atoms with Gasteiger partial charge >= 0.3 is 0 Å². The van der Waals surface area contributed by atoms with E-state index < -0.39 is 0 Å². The number of rotatable bonds is 2. The number of hydrogen-bond acceptors (Lipinski definition) is 2. The molecule has 1 aliphatic carbocycles. The van der Waals surface area contributed by atoms with Gasteiger partial charge in [-0.15, -0.1) is 0 Å². The van der Waals surface area contributed by atoms with E-state index in [0.717, 1.165) is 17.5 Å². The van der Waals surface area contributed by atoms with Crippen LogP contribution >= 0.6 is 11.6 Å². The highest BCUT2D eigenvalue weighted by atomic mass is 35.5. The number of nitrogens with zero attached hydrogens (tertiary/aromatic N) is 2. The van der Waals surface area contributed by atoms with Crippen LogP contribution in [0, 0.1) is 5.92 Å². The highest BCUT2D eigenvalue weighted by molar-refractivity contribution is 6.31. The molecule has 2 heterocycles. The fraction of sp³-hybridized carbons (Fsp3) is 0.769. The normalized spacial score (nSPS) is 30.2. The van der Waals surface area contributed by atoms with Crippen molar-refractivity contribution in [2.24, 2.45) is 13.0 Å². The maximum absolute atomic E-state index is 6.37. The Hall–Kier alpha value is -0.540. The SMILES string of the molecule is Cn1ncc(Cl)c1C1(C2CC2)CCCCCN1. The van der Waals surface area contributed by atoms with Gasteiger partial charge < -0.3 is 5.32 Å². The second-order valence-corrected chi connectivity index (χ2v) is 5.85. The number of hydrogen-bond donors (Lipinski definition) is 1. The largest absolute Gasteiger partial charge is 0.306 e. The molecule has 1 N–H and O–H groups in total. The van der Waals surface area contributed by atoms with E-state index in [1.807, 2.05) is 11.7 Å². The van der Waals surface area contributed by atoms with Gasteiger partial charge in [0.2, 0.25) is 0 Å². The van der Waals surface area contributed by atoms with E-state index in [9.17, 15) is 0 Å². The van der Waals surface area contributed by atoms with Gasteiger partial charge in [0, 0.05) is 7.05 Å². The number of aryl methyl sites for hydroxylation is 1. The van der Waals surface area contributed by atoms with Crippen molar-refractivity contribution >= 4 is 11.6 Å². The molecule has 1 aromatic rings. The predicted octanol–water partition coefficient (Wildman–Crippen LogP) is 2.84. The van der Waals surface area contributed by atoms with Crippen LogP contribution in [-0.4, -0.2) is 16.3 Å². The Balaban J connectivity index is 2.03. The van der Waals surface area contributed by atoms with Gasteiger partial charge in [0.25, 0.3) is 0 Å². The van der Waals surface area contributed by atoms with Crippen molar-refractivity contribution in [1.29, 1.82) is 0 Å². The van der Waals surface area contributed by atoms with Gasteiger partial charge in [-0.25, -0.2) is 0 Å². The lowest BCUT2D eigenvalue weighted by Gasteiger charge is -2.34. The second kappa shape index (κ2) is 4.29. The Kier molecular flexibility index (Phi) is 2.91. The average Bonchev–Trinajstić information content (AvgIpc) is 3.11. The smallest absolute Gasteiger partial charge is 0.0837 e. The quantitative estimate of drug-likeness (QED) is 0.879. The predicted molar refractivity (Wildman–Crippen MR) is 69.1 cm³/mol. The van der Waals surface area contributed by atoms with Crippen LogP contribution in [0.1, 0.15) is 44.2 Å². The number of nitrogens with one attached hydrogen (secondary N) is 1. The van der Waals surface area contributed by atoms with Crippen LogP contribution in [-0.2, 0) is 12.6 Å². The van der Waals surface area contributed by atoms with Crippen LogP contribution in [0.5, 0.6) is 0 Å². The molecule has 1 saturated carbocycles. The summed E-state index contributed by atoms with van der Waals surface area (Å²) in [5.41, 5.74) is 1.31. The Morgan fingerprint density at radius 3 is 2.88 bits per heavy atom. The minimum absolute atomic E-state index is 0.0961. The van der Waals surface area contributed by atoms with Gasteiger partial charge in [0.05, 0.1) is 22.5 Å². The van der Waals surface area contributed by atoms with Crippen LogP contribution in [0.25, 0.3) is 0 Å². The Labute approximate surface area is 108 Å². The van der Waals surface area contributed by atoms with E-state index in [0.29, 0.717) is 0 Å². The molecule has 0 amide bonds. The second-order valence-electron chi connectivity index (χ2n) is 5.45. The minimum Gasteiger partial charge on any atom is -0.306 e. The highest BCUT2D eigenvalue weighted by Crippen LogP contribution is 2.50. The van der Waals surface area contributed by atoms with Gasteiger partial charge in [-0.1, -0.05) is 24.4 Å². The molecule has 3 nitrogen and oxygen atoms in total. The van der Waals surface area contributed by atoms with Crippen molar-refractivity contribution in [3.8, 4) is 0 Å². The molecule has 3 rings (SSSR count). The summed E-state index contributed by atoms with van der Waals surface area (Å²) in [7, 11) is 2.01. The van der Waals surface area contributed by atoms with Crippen LogP contribution in [0.3, 0.4) is 0 Å². The van der Waals surface area contributed by atoms with Crippen LogP contribution < -0.4 is 5.32 Å². The summed E-state index contributed by atoms with van der Waals surface area (Å²) in [6.07, 6.45) is 9.55. The summed E-state index contributed by atoms with van der Waals surface area (Å²) in [4.78, 5) is 0. The molecule has 17 heavy (non-hydrogen) atoms. The summed E-state index contributed by atoms with van der Waals surface area (Å²) < 4.78 is 1.97. The van der Waals surface area contributed by atoms with Gasteiger partial charge in [0.15, 0.2) is 0 Å². The first-order valence-corrected chi connectivity index (χ1v) is 7.05. The summed E-state index contributed by atoms with van der Waals surface area (Å²) in [6.45, 7) is 1.11. The van der Waals surface area contributed by atoms with Crippen molar-refractivity contribution < 1.29 is 0 Å². The third kappa shape index (κ3) is 1.89. The molecule has 1 aromatic heterocycles. The van der Waals surface area contributed by atoms with Crippen LogP contribution in [0.2, 0.25) is 5.02 Å². The van der Waals surface area contributed by atoms with Gasteiger partial charge in [-0.3, -0.25) is 4.68 Å². The van der Waals surface area contributed by atoms with E-state index in [1.165, 1.54) is 44.2 Å². The van der Waals surface area contributed by atoms with Gasteiger partial charge in [0.1, 0.15) is 0 Å². The zero-order chi connectivity index (χ0) is 11.9. The van der Waals surface area contributed by atoms with Crippen molar-refractivity contribution in [3.05, 3.63) is 16.9 Å². The topological polar surface area (TPSA) is 29.9 Å². The minimum atomic E-state index is 0.0961. The van der Waals surface area contributed by atoms with E-state index in [-0.39, 0.29) is 5.54 Å². The average molecular weight is 254 g/mol. The van der Waals surface area contributed by atoms with E-state index >= 15 is 0 Å². The van der Waals surface area contributed by atoms with Crippen molar-refractivity contribution in [2.45, 2.75) is 44.1 Å². The first-order chi connectivity index (χ1) is 8.24. The summed E-state index contributed by atoms with van der Waals surface area (Å²) in [5, 5.41) is 8.95. The molecule has 0 aromatic carbocycles. The van der Waals surface area contributed by atoms with Crippen molar-refractivity contribution in [3.63, 3.8) is 0 Å². The Morgan fingerprint density at radius 1 is 1.41 bits per heavy atom. The standard InChI is InChI=1S/C13H20ClN3/c1-17-12(11(14)9-16-17)13(10-5-6-10)7-3-2-4-8-15-13/h9-10,15H,2-8H2,1H3. The summed E-state index contributed by atoms with van der Waals surface area (Å²) >= 11 is 6.37. The lowest BCUT2D eigenvalue weighted by Crippen LogP contribution is -2.45. The van der Waals surface area contributed by atoms with Crippen LogP contribution in [0.15, 0.2) is 6.20 Å². The zero-order valence-corrected chi connectivity index (χ0v) is 11.1. The van der Waals surface area contributed by atoms with Gasteiger partial charge in [-0.05, 0) is 38.1 Å². The summed E-state index contributed by atoms with van der Waals surface area (Å²) in [6, 6.07) is 0. The molecule has 1 atom stereocenters. The van der Waals surface area contributed by atoms with Crippen molar-refractivity contribution in [1.82, 2.24) is 15.1 Å². The van der Waals surface area contributed by atoms with E-state index in [4.69, 9.17) is 11.6 Å². The lowest BCUT2D eigenvalue weighted by molar-refractivity contribution is 0.261. The maximum Gasteiger partial charge on any atom is 0.0837 e. The monoisotopic (exact) mass is 253 g/mol. The molecule has 1 saturated heterocycles. The highest BCUT2D eigenvalue weighted by Gasteiger charge is 2.48. The Morgan fingerprint density at radius 2 is 2.24 bits per heavy atom. The van der Waals surface area contributed by atoms with Crippen LogP contribution in [0.4, 0.5) is 0 Å². The lowest BCUT2D eigenvalue weighted by atomic mass is 9.84. The molecule has 2 aliphatic rings. The number of halogens is 1. The molecule has 1 unspecified atom stereocenters. The third-order valence-electron chi connectivity index (χ3n) is 4.28. The van der Waals surface area contributed by atoms with Gasteiger partial charge in [-0.2, -0.15) is 5.10 Å². The molecule has 1 aliphatic heterocycles. The molecule has 4 heteroatoms. The Bertz CT molecular complexity index is 381. The first kappa shape index (κ1) is 11.5. The molecule has 0 radical (unpaired) electrons. The molecule has 94 valence electrons.